The second-order valence-corrected chi connectivity index (χ2v) is 5.62. The van der Waals surface area contributed by atoms with E-state index < -0.39 is 12.1 Å². The van der Waals surface area contributed by atoms with Gasteiger partial charge in [0.1, 0.15) is 5.75 Å². The van der Waals surface area contributed by atoms with Gasteiger partial charge >= 0.3 is 5.97 Å². The molecule has 0 amide bonds. The number of hydrogen-bond donors (Lipinski definition) is 1. The van der Waals surface area contributed by atoms with Crippen LogP contribution in [0, 0.1) is 6.92 Å². The predicted octanol–water partition coefficient (Wildman–Crippen LogP) is 4.38. The van der Waals surface area contributed by atoms with E-state index in [1.807, 2.05) is 19.1 Å². The van der Waals surface area contributed by atoms with Gasteiger partial charge in [-0.25, -0.2) is 4.79 Å². The van der Waals surface area contributed by atoms with E-state index in [2.05, 4.69) is 0 Å². The SMILES string of the molecule is Cc1cccc(O[C@@H](Cc2cc(Cl)cc(Cl)c2)C(=O)O)c1. The molecule has 1 N–H and O–H groups in total. The van der Waals surface area contributed by atoms with Crippen molar-refractivity contribution in [2.24, 2.45) is 0 Å². The number of aliphatic carboxylic acids is 1. The summed E-state index contributed by atoms with van der Waals surface area (Å²) < 4.78 is 5.55. The maximum Gasteiger partial charge on any atom is 0.345 e. The summed E-state index contributed by atoms with van der Waals surface area (Å²) in [5.74, 6) is -0.511. The van der Waals surface area contributed by atoms with Crippen LogP contribution >= 0.6 is 23.2 Å². The summed E-state index contributed by atoms with van der Waals surface area (Å²) in [6, 6.07) is 12.2. The Kier molecular flexibility index (Phi) is 5.10. The van der Waals surface area contributed by atoms with Gasteiger partial charge in [0.25, 0.3) is 0 Å². The van der Waals surface area contributed by atoms with Crippen LogP contribution in [-0.2, 0) is 11.2 Å². The topological polar surface area (TPSA) is 46.5 Å². The Hall–Kier alpha value is -1.71. The van der Waals surface area contributed by atoms with Crippen LogP contribution in [0.15, 0.2) is 42.5 Å². The highest BCUT2D eigenvalue weighted by atomic mass is 35.5. The van der Waals surface area contributed by atoms with Gasteiger partial charge in [-0.1, -0.05) is 35.3 Å². The number of rotatable bonds is 5. The molecule has 0 radical (unpaired) electrons. The molecule has 2 aromatic rings. The highest BCUT2D eigenvalue weighted by Crippen LogP contribution is 2.22. The molecule has 1 atom stereocenters. The summed E-state index contributed by atoms with van der Waals surface area (Å²) in [4.78, 5) is 11.4. The summed E-state index contributed by atoms with van der Waals surface area (Å²) in [5.41, 5.74) is 1.72. The fraction of sp³-hybridized carbons (Fsp3) is 0.188. The van der Waals surface area contributed by atoms with Crippen molar-refractivity contribution >= 4 is 29.2 Å². The number of carbonyl (C=O) groups is 1. The van der Waals surface area contributed by atoms with Gasteiger partial charge in [0.2, 0.25) is 0 Å². The smallest absolute Gasteiger partial charge is 0.345 e. The summed E-state index contributed by atoms with van der Waals surface area (Å²) >= 11 is 11.8. The Bertz CT molecular complexity index is 635. The van der Waals surface area contributed by atoms with Gasteiger partial charge in [0.05, 0.1) is 0 Å². The minimum absolute atomic E-state index is 0.184. The Labute approximate surface area is 133 Å². The third kappa shape index (κ3) is 4.66. The lowest BCUT2D eigenvalue weighted by Gasteiger charge is -2.16. The number of benzene rings is 2. The standard InChI is InChI=1S/C16H14Cl2O3/c1-10-3-2-4-14(5-10)21-15(16(19)20)8-11-6-12(17)9-13(18)7-11/h2-7,9,15H,8H2,1H3,(H,19,20)/t15-/m0/s1. The van der Waals surface area contributed by atoms with Crippen LogP contribution in [0.1, 0.15) is 11.1 Å². The second kappa shape index (κ2) is 6.83. The van der Waals surface area contributed by atoms with E-state index in [0.29, 0.717) is 21.4 Å². The molecule has 0 saturated heterocycles. The molecule has 0 aromatic heterocycles. The third-order valence-electron chi connectivity index (χ3n) is 2.89. The van der Waals surface area contributed by atoms with E-state index in [9.17, 15) is 9.90 Å². The number of ether oxygens (including phenoxy) is 1. The number of aryl methyl sites for hydroxylation is 1. The summed E-state index contributed by atoms with van der Waals surface area (Å²) in [6.45, 7) is 1.92. The first-order chi connectivity index (χ1) is 9.94. The van der Waals surface area contributed by atoms with Crippen LogP contribution < -0.4 is 4.74 Å². The first-order valence-corrected chi connectivity index (χ1v) is 7.11. The molecule has 0 fully saturated rings. The van der Waals surface area contributed by atoms with Gasteiger partial charge in [0, 0.05) is 16.5 Å². The quantitative estimate of drug-likeness (QED) is 0.887. The molecule has 110 valence electrons. The van der Waals surface area contributed by atoms with Gasteiger partial charge < -0.3 is 9.84 Å². The molecule has 0 bridgehead atoms. The Balaban J connectivity index is 2.17. The van der Waals surface area contributed by atoms with Crippen molar-refractivity contribution in [3.05, 3.63) is 63.6 Å². The van der Waals surface area contributed by atoms with Crippen molar-refractivity contribution in [1.29, 1.82) is 0 Å². The maximum absolute atomic E-state index is 11.4. The molecule has 3 nitrogen and oxygen atoms in total. The van der Waals surface area contributed by atoms with E-state index in [-0.39, 0.29) is 6.42 Å². The van der Waals surface area contributed by atoms with E-state index in [1.165, 1.54) is 0 Å². The van der Waals surface area contributed by atoms with Crippen LogP contribution in [-0.4, -0.2) is 17.2 Å². The molecule has 0 spiro atoms. The van der Waals surface area contributed by atoms with Gasteiger partial charge in [-0.15, -0.1) is 0 Å². The molecule has 0 aliphatic carbocycles. The van der Waals surface area contributed by atoms with Crippen molar-refractivity contribution in [2.75, 3.05) is 0 Å². The molecular formula is C16H14Cl2O3. The van der Waals surface area contributed by atoms with Crippen molar-refractivity contribution < 1.29 is 14.6 Å². The fourth-order valence-electron chi connectivity index (χ4n) is 1.98. The summed E-state index contributed by atoms with van der Waals surface area (Å²) in [7, 11) is 0. The minimum Gasteiger partial charge on any atom is -0.478 e. The first-order valence-electron chi connectivity index (χ1n) is 6.35. The predicted molar refractivity (Wildman–Crippen MR) is 83.4 cm³/mol. The Morgan fingerprint density at radius 3 is 2.43 bits per heavy atom. The first kappa shape index (κ1) is 15.7. The van der Waals surface area contributed by atoms with E-state index in [0.717, 1.165) is 5.56 Å². The molecule has 0 heterocycles. The fourth-order valence-corrected chi connectivity index (χ4v) is 2.55. The van der Waals surface area contributed by atoms with E-state index in [1.54, 1.807) is 30.3 Å². The average Bonchev–Trinajstić information content (AvgIpc) is 2.36. The lowest BCUT2D eigenvalue weighted by Crippen LogP contribution is -2.29. The number of halogens is 2. The van der Waals surface area contributed by atoms with Crippen LogP contribution in [0.2, 0.25) is 10.0 Å². The largest absolute Gasteiger partial charge is 0.478 e. The monoisotopic (exact) mass is 324 g/mol. The van der Waals surface area contributed by atoms with Gasteiger partial charge in [0.15, 0.2) is 6.10 Å². The highest BCUT2D eigenvalue weighted by molar-refractivity contribution is 6.34. The zero-order valence-corrected chi connectivity index (χ0v) is 12.9. The van der Waals surface area contributed by atoms with Crippen LogP contribution in [0.5, 0.6) is 5.75 Å². The van der Waals surface area contributed by atoms with Crippen molar-refractivity contribution in [3.8, 4) is 5.75 Å². The minimum atomic E-state index is -1.03. The molecule has 2 rings (SSSR count). The Morgan fingerprint density at radius 2 is 1.86 bits per heavy atom. The molecule has 21 heavy (non-hydrogen) atoms. The number of carboxylic acid groups (broad SMARTS) is 1. The summed E-state index contributed by atoms with van der Waals surface area (Å²) in [5, 5.41) is 10.3. The average molecular weight is 325 g/mol. The maximum atomic E-state index is 11.4. The molecule has 0 saturated carbocycles. The zero-order valence-electron chi connectivity index (χ0n) is 11.3. The van der Waals surface area contributed by atoms with Gasteiger partial charge in [-0.05, 0) is 48.4 Å². The highest BCUT2D eigenvalue weighted by Gasteiger charge is 2.20. The summed E-state index contributed by atoms with van der Waals surface area (Å²) in [6.07, 6.45) is -0.815. The van der Waals surface area contributed by atoms with Crippen LogP contribution in [0.25, 0.3) is 0 Å². The lowest BCUT2D eigenvalue weighted by atomic mass is 10.1. The van der Waals surface area contributed by atoms with Crippen LogP contribution in [0.3, 0.4) is 0 Å². The number of hydrogen-bond acceptors (Lipinski definition) is 2. The zero-order chi connectivity index (χ0) is 15.4. The van der Waals surface area contributed by atoms with Gasteiger partial charge in [-0.2, -0.15) is 0 Å². The van der Waals surface area contributed by atoms with Crippen molar-refractivity contribution in [3.63, 3.8) is 0 Å². The third-order valence-corrected chi connectivity index (χ3v) is 3.32. The van der Waals surface area contributed by atoms with E-state index >= 15 is 0 Å². The second-order valence-electron chi connectivity index (χ2n) is 4.74. The van der Waals surface area contributed by atoms with E-state index in [4.69, 9.17) is 27.9 Å². The Morgan fingerprint density at radius 1 is 1.19 bits per heavy atom. The molecule has 0 unspecified atom stereocenters. The lowest BCUT2D eigenvalue weighted by molar-refractivity contribution is -0.145. The molecule has 0 aliphatic heterocycles. The number of carboxylic acids is 1. The van der Waals surface area contributed by atoms with Crippen LogP contribution in [0.4, 0.5) is 0 Å². The molecular weight excluding hydrogens is 311 g/mol. The molecule has 5 heteroatoms. The normalized spacial score (nSPS) is 12.0. The molecule has 0 aliphatic rings. The van der Waals surface area contributed by atoms with Crippen molar-refractivity contribution in [2.45, 2.75) is 19.4 Å². The van der Waals surface area contributed by atoms with Crippen molar-refractivity contribution in [1.82, 2.24) is 0 Å². The molecule has 2 aromatic carbocycles. The van der Waals surface area contributed by atoms with Gasteiger partial charge in [-0.3, -0.25) is 0 Å².